The van der Waals surface area contributed by atoms with Gasteiger partial charge >= 0.3 is 0 Å². The molecule has 2 aromatic rings. The molecule has 0 spiro atoms. The van der Waals surface area contributed by atoms with Crippen LogP contribution in [0.2, 0.25) is 0 Å². The molecule has 0 saturated carbocycles. The lowest BCUT2D eigenvalue weighted by Gasteiger charge is -2.25. The summed E-state index contributed by atoms with van der Waals surface area (Å²) in [5, 5.41) is 10.2. The minimum Gasteiger partial charge on any atom is -0.503 e. The average Bonchev–Trinajstić information content (AvgIpc) is 2.87. The molecule has 1 aliphatic rings. The fourth-order valence-electron chi connectivity index (χ4n) is 2.80. The smallest absolute Gasteiger partial charge is 0.295 e. The number of carbonyl (C=O) groups excluding carboxylic acids is 2. The molecule has 3 rings (SSSR count). The van der Waals surface area contributed by atoms with Crippen molar-refractivity contribution < 1.29 is 19.4 Å². The highest BCUT2D eigenvalue weighted by Gasteiger charge is 2.43. The topological polar surface area (TPSA) is 79.7 Å². The number of ether oxygens (including phenoxy) is 1. The Labute approximate surface area is 139 Å². The van der Waals surface area contributed by atoms with Crippen molar-refractivity contribution in [3.63, 3.8) is 0 Å². The summed E-state index contributed by atoms with van der Waals surface area (Å²) in [6.07, 6.45) is 1.55. The van der Waals surface area contributed by atoms with Crippen LogP contribution >= 0.6 is 0 Å². The summed E-state index contributed by atoms with van der Waals surface area (Å²) in [4.78, 5) is 30.1. The maximum Gasteiger partial charge on any atom is 0.295 e. The molecule has 1 N–H and O–H groups in total. The highest BCUT2D eigenvalue weighted by Crippen LogP contribution is 2.40. The van der Waals surface area contributed by atoms with Gasteiger partial charge in [0.1, 0.15) is 11.6 Å². The molecule has 122 valence electrons. The van der Waals surface area contributed by atoms with Crippen molar-refractivity contribution in [1.82, 2.24) is 4.98 Å². The SMILES string of the molecule is COc1ccc([C@@H]2C(C(C)=O)=C(O)C(=O)N2c2ccccn2)cc1. The summed E-state index contributed by atoms with van der Waals surface area (Å²) in [7, 11) is 1.56. The first-order valence-corrected chi connectivity index (χ1v) is 7.37. The fraction of sp³-hybridized carbons (Fsp3) is 0.167. The van der Waals surface area contributed by atoms with Gasteiger partial charge in [0.25, 0.3) is 5.91 Å². The number of Topliss-reactive ketones (excluding diaryl/α,β-unsaturated/α-hetero) is 1. The van der Waals surface area contributed by atoms with Gasteiger partial charge in [0, 0.05) is 6.20 Å². The largest absolute Gasteiger partial charge is 0.503 e. The maximum absolute atomic E-state index is 12.5. The van der Waals surface area contributed by atoms with Gasteiger partial charge < -0.3 is 9.84 Å². The van der Waals surface area contributed by atoms with Crippen LogP contribution in [0.5, 0.6) is 5.75 Å². The van der Waals surface area contributed by atoms with Crippen LogP contribution in [0.1, 0.15) is 18.5 Å². The third-order valence-electron chi connectivity index (χ3n) is 3.92. The molecule has 2 heterocycles. The van der Waals surface area contributed by atoms with E-state index >= 15 is 0 Å². The molecule has 0 bridgehead atoms. The number of aliphatic hydroxyl groups excluding tert-OH is 1. The molecule has 0 saturated heterocycles. The number of methoxy groups -OCH3 is 1. The summed E-state index contributed by atoms with van der Waals surface area (Å²) in [5.74, 6) is -0.509. The second kappa shape index (κ2) is 6.16. The van der Waals surface area contributed by atoms with E-state index in [0.717, 1.165) is 0 Å². The molecule has 1 amide bonds. The summed E-state index contributed by atoms with van der Waals surface area (Å²) >= 11 is 0. The Morgan fingerprint density at radius 2 is 1.92 bits per heavy atom. The van der Waals surface area contributed by atoms with E-state index in [-0.39, 0.29) is 11.4 Å². The number of hydrogen-bond donors (Lipinski definition) is 1. The highest BCUT2D eigenvalue weighted by molar-refractivity contribution is 6.15. The first-order chi connectivity index (χ1) is 11.5. The summed E-state index contributed by atoms with van der Waals surface area (Å²) in [5.41, 5.74) is 0.750. The van der Waals surface area contributed by atoms with Crippen LogP contribution in [-0.4, -0.2) is 28.9 Å². The van der Waals surface area contributed by atoms with Gasteiger partial charge in [0.15, 0.2) is 11.5 Å². The normalized spacial score (nSPS) is 17.3. The number of anilines is 1. The minimum absolute atomic E-state index is 0.0656. The van der Waals surface area contributed by atoms with E-state index < -0.39 is 17.7 Å². The van der Waals surface area contributed by atoms with E-state index in [2.05, 4.69) is 4.98 Å². The lowest BCUT2D eigenvalue weighted by Crippen LogP contribution is -2.31. The molecular weight excluding hydrogens is 308 g/mol. The number of amides is 1. The van der Waals surface area contributed by atoms with Crippen LogP contribution in [0.15, 0.2) is 60.0 Å². The molecule has 1 aromatic heterocycles. The van der Waals surface area contributed by atoms with Crippen LogP contribution in [0.3, 0.4) is 0 Å². The first-order valence-electron chi connectivity index (χ1n) is 7.37. The molecular formula is C18H16N2O4. The molecule has 1 atom stereocenters. The molecule has 0 fully saturated rings. The number of ketones is 1. The van der Waals surface area contributed by atoms with Crippen molar-refractivity contribution in [2.75, 3.05) is 12.0 Å². The van der Waals surface area contributed by atoms with Crippen molar-refractivity contribution in [3.05, 3.63) is 65.6 Å². The van der Waals surface area contributed by atoms with Crippen molar-refractivity contribution in [1.29, 1.82) is 0 Å². The van der Waals surface area contributed by atoms with E-state index in [1.165, 1.54) is 11.8 Å². The van der Waals surface area contributed by atoms with Crippen molar-refractivity contribution in [2.45, 2.75) is 13.0 Å². The van der Waals surface area contributed by atoms with E-state index in [9.17, 15) is 14.7 Å². The summed E-state index contributed by atoms with van der Waals surface area (Å²) in [6.45, 7) is 1.33. The predicted molar refractivity (Wildman–Crippen MR) is 87.8 cm³/mol. The van der Waals surface area contributed by atoms with Crippen molar-refractivity contribution in [2.24, 2.45) is 0 Å². The van der Waals surface area contributed by atoms with Gasteiger partial charge in [0.05, 0.1) is 18.7 Å². The van der Waals surface area contributed by atoms with Crippen LogP contribution < -0.4 is 9.64 Å². The number of aromatic nitrogens is 1. The molecule has 1 aromatic carbocycles. The minimum atomic E-state index is -0.726. The van der Waals surface area contributed by atoms with Gasteiger partial charge in [-0.1, -0.05) is 18.2 Å². The number of carbonyl (C=O) groups is 2. The summed E-state index contributed by atoms with van der Waals surface area (Å²) < 4.78 is 5.14. The van der Waals surface area contributed by atoms with E-state index in [0.29, 0.717) is 17.1 Å². The third kappa shape index (κ3) is 2.52. The summed E-state index contributed by atoms with van der Waals surface area (Å²) in [6, 6.07) is 11.4. The molecule has 0 aliphatic carbocycles. The molecule has 0 unspecified atom stereocenters. The van der Waals surface area contributed by atoms with Gasteiger partial charge in [-0.2, -0.15) is 0 Å². The zero-order chi connectivity index (χ0) is 17.3. The average molecular weight is 324 g/mol. The molecule has 6 nitrogen and oxygen atoms in total. The molecule has 6 heteroatoms. The number of rotatable bonds is 4. The number of nitrogens with zero attached hydrogens (tertiary/aromatic N) is 2. The Balaban J connectivity index is 2.14. The van der Waals surface area contributed by atoms with Gasteiger partial charge in [-0.15, -0.1) is 0 Å². The second-order valence-electron chi connectivity index (χ2n) is 5.36. The first kappa shape index (κ1) is 15.7. The lowest BCUT2D eigenvalue weighted by molar-refractivity contribution is -0.117. The zero-order valence-corrected chi connectivity index (χ0v) is 13.3. The van der Waals surface area contributed by atoms with Crippen LogP contribution in [0.4, 0.5) is 5.82 Å². The number of pyridine rings is 1. The Hall–Kier alpha value is -3.15. The Morgan fingerprint density at radius 3 is 2.46 bits per heavy atom. The number of hydrogen-bond acceptors (Lipinski definition) is 5. The highest BCUT2D eigenvalue weighted by atomic mass is 16.5. The van der Waals surface area contributed by atoms with Gasteiger partial charge in [0.2, 0.25) is 0 Å². The Bertz CT molecular complexity index is 813. The monoisotopic (exact) mass is 324 g/mol. The Kier molecular flexibility index (Phi) is 4.04. The van der Waals surface area contributed by atoms with E-state index in [1.54, 1.807) is 55.8 Å². The quantitative estimate of drug-likeness (QED) is 0.935. The van der Waals surface area contributed by atoms with E-state index in [1.807, 2.05) is 0 Å². The number of aliphatic hydroxyl groups is 1. The van der Waals surface area contributed by atoms with E-state index in [4.69, 9.17) is 4.74 Å². The van der Waals surface area contributed by atoms with Crippen LogP contribution in [0, 0.1) is 0 Å². The maximum atomic E-state index is 12.5. The van der Waals surface area contributed by atoms with Gasteiger partial charge in [-0.3, -0.25) is 14.5 Å². The van der Waals surface area contributed by atoms with Gasteiger partial charge in [-0.05, 0) is 36.8 Å². The fourth-order valence-corrected chi connectivity index (χ4v) is 2.80. The predicted octanol–water partition coefficient (Wildman–Crippen LogP) is 2.58. The van der Waals surface area contributed by atoms with Crippen molar-refractivity contribution >= 4 is 17.5 Å². The van der Waals surface area contributed by atoms with Crippen LogP contribution in [-0.2, 0) is 9.59 Å². The molecule has 24 heavy (non-hydrogen) atoms. The molecule has 1 aliphatic heterocycles. The molecule has 0 radical (unpaired) electrons. The van der Waals surface area contributed by atoms with Crippen molar-refractivity contribution in [3.8, 4) is 5.75 Å². The Morgan fingerprint density at radius 1 is 1.21 bits per heavy atom. The standard InChI is InChI=1S/C18H16N2O4/c1-11(21)15-16(12-6-8-13(24-2)9-7-12)20(18(23)17(15)22)14-5-3-4-10-19-14/h3-10,16,22H,1-2H3/t16-/m1/s1. The zero-order valence-electron chi connectivity index (χ0n) is 13.3. The van der Waals surface area contributed by atoms with Crippen LogP contribution in [0.25, 0.3) is 0 Å². The lowest BCUT2D eigenvalue weighted by atomic mass is 9.96. The second-order valence-corrected chi connectivity index (χ2v) is 5.36. The third-order valence-corrected chi connectivity index (χ3v) is 3.92. The van der Waals surface area contributed by atoms with Gasteiger partial charge in [-0.25, -0.2) is 4.98 Å². The number of benzene rings is 1.